The molecule has 8 heteroatoms. The van der Waals surface area contributed by atoms with Crippen LogP contribution in [0.3, 0.4) is 0 Å². The van der Waals surface area contributed by atoms with E-state index in [4.69, 9.17) is 19.7 Å². The number of amides is 1. The van der Waals surface area contributed by atoms with Crippen LogP contribution >= 0.6 is 0 Å². The smallest absolute Gasteiger partial charge is 0.239 e. The molecule has 26 heavy (non-hydrogen) atoms. The lowest BCUT2D eigenvalue weighted by atomic mass is 9.77. The molecule has 2 aromatic rings. The minimum Gasteiger partial charge on any atom is -0.486 e. The molecule has 2 N–H and O–H groups in total. The van der Waals surface area contributed by atoms with Crippen molar-refractivity contribution in [2.24, 2.45) is 5.73 Å². The summed E-state index contributed by atoms with van der Waals surface area (Å²) in [5.41, 5.74) is 6.55. The summed E-state index contributed by atoms with van der Waals surface area (Å²) >= 11 is 0. The monoisotopic (exact) mass is 356 g/mol. The normalized spacial score (nSPS) is 23.8. The lowest BCUT2D eigenvalue weighted by Crippen LogP contribution is -2.44. The standard InChI is InChI=1S/C18H20N4O4/c19-18(5-1-6-18)17-20-15(26-21-17)12-4-7-22(16(12)23)11-2-3-13-14(10-11)25-9-8-24-13/h2-3,10,12H,1,4-9,19H2. The molecule has 5 rings (SSSR count). The Hall–Kier alpha value is -2.61. The van der Waals surface area contributed by atoms with Gasteiger partial charge in [0.1, 0.15) is 19.1 Å². The van der Waals surface area contributed by atoms with Crippen molar-refractivity contribution in [2.75, 3.05) is 24.7 Å². The fourth-order valence-corrected chi connectivity index (χ4v) is 3.73. The molecule has 1 amide bonds. The molecular formula is C18H20N4O4. The fraction of sp³-hybridized carbons (Fsp3) is 0.500. The number of benzene rings is 1. The number of hydrogen-bond acceptors (Lipinski definition) is 7. The van der Waals surface area contributed by atoms with Gasteiger partial charge < -0.3 is 24.6 Å². The Kier molecular flexibility index (Phi) is 3.43. The Morgan fingerprint density at radius 3 is 2.77 bits per heavy atom. The number of nitrogens with two attached hydrogens (primary N) is 1. The van der Waals surface area contributed by atoms with Crippen molar-refractivity contribution in [3.05, 3.63) is 29.9 Å². The second-order valence-corrected chi connectivity index (χ2v) is 7.13. The quantitative estimate of drug-likeness (QED) is 0.892. The van der Waals surface area contributed by atoms with Crippen molar-refractivity contribution in [1.82, 2.24) is 10.1 Å². The first-order valence-corrected chi connectivity index (χ1v) is 8.98. The van der Waals surface area contributed by atoms with E-state index in [1.54, 1.807) is 4.90 Å². The number of carbonyl (C=O) groups is 1. The highest BCUT2D eigenvalue weighted by Gasteiger charge is 2.42. The number of rotatable bonds is 3. The third kappa shape index (κ3) is 2.36. The van der Waals surface area contributed by atoms with Gasteiger partial charge in [-0.15, -0.1) is 0 Å². The minimum atomic E-state index is -0.487. The zero-order valence-electron chi connectivity index (χ0n) is 14.3. The van der Waals surface area contributed by atoms with Gasteiger partial charge in [0.25, 0.3) is 0 Å². The maximum Gasteiger partial charge on any atom is 0.239 e. The molecule has 0 radical (unpaired) electrons. The summed E-state index contributed by atoms with van der Waals surface area (Å²) in [5, 5.41) is 4.03. The van der Waals surface area contributed by atoms with Gasteiger partial charge in [-0.2, -0.15) is 4.98 Å². The van der Waals surface area contributed by atoms with E-state index in [1.807, 2.05) is 18.2 Å². The summed E-state index contributed by atoms with van der Waals surface area (Å²) in [6.45, 7) is 1.65. The maximum absolute atomic E-state index is 12.9. The first-order chi connectivity index (χ1) is 12.6. The third-order valence-corrected chi connectivity index (χ3v) is 5.47. The van der Waals surface area contributed by atoms with Crippen LogP contribution in [0.1, 0.15) is 43.3 Å². The molecule has 1 unspecified atom stereocenters. The number of nitrogens with zero attached hydrogens (tertiary/aromatic N) is 3. The van der Waals surface area contributed by atoms with Crippen LogP contribution in [0.15, 0.2) is 22.7 Å². The van der Waals surface area contributed by atoms with E-state index < -0.39 is 11.5 Å². The van der Waals surface area contributed by atoms with Crippen molar-refractivity contribution in [1.29, 1.82) is 0 Å². The fourth-order valence-electron chi connectivity index (χ4n) is 3.73. The van der Waals surface area contributed by atoms with Gasteiger partial charge in [-0.1, -0.05) is 5.16 Å². The average molecular weight is 356 g/mol. The molecule has 1 aliphatic carbocycles. The van der Waals surface area contributed by atoms with E-state index in [2.05, 4.69) is 10.1 Å². The summed E-state index contributed by atoms with van der Waals surface area (Å²) < 4.78 is 16.5. The van der Waals surface area contributed by atoms with Crippen LogP contribution in [0.2, 0.25) is 0 Å². The number of carbonyl (C=O) groups excluding carboxylic acids is 1. The highest BCUT2D eigenvalue weighted by Crippen LogP contribution is 2.40. The molecule has 1 saturated heterocycles. The molecule has 3 aliphatic rings. The second-order valence-electron chi connectivity index (χ2n) is 7.13. The summed E-state index contributed by atoms with van der Waals surface area (Å²) in [6, 6.07) is 5.55. The molecule has 136 valence electrons. The molecule has 1 atom stereocenters. The van der Waals surface area contributed by atoms with E-state index in [0.29, 0.717) is 49.4 Å². The van der Waals surface area contributed by atoms with E-state index in [-0.39, 0.29) is 5.91 Å². The number of ether oxygens (including phenoxy) is 2. The Labute approximate surface area is 150 Å². The Bertz CT molecular complexity index is 861. The molecular weight excluding hydrogens is 336 g/mol. The zero-order valence-corrected chi connectivity index (χ0v) is 14.3. The van der Waals surface area contributed by atoms with Gasteiger partial charge in [0.2, 0.25) is 11.8 Å². The molecule has 2 aliphatic heterocycles. The average Bonchev–Trinajstić information content (AvgIpc) is 3.26. The topological polar surface area (TPSA) is 104 Å². The third-order valence-electron chi connectivity index (χ3n) is 5.47. The van der Waals surface area contributed by atoms with Gasteiger partial charge in [0.05, 0.1) is 5.54 Å². The van der Waals surface area contributed by atoms with Gasteiger partial charge in [-0.05, 0) is 37.8 Å². The van der Waals surface area contributed by atoms with Crippen LogP contribution in [0.4, 0.5) is 5.69 Å². The summed E-state index contributed by atoms with van der Waals surface area (Å²) in [7, 11) is 0. The summed E-state index contributed by atoms with van der Waals surface area (Å²) in [6.07, 6.45) is 3.41. The number of hydrogen-bond donors (Lipinski definition) is 1. The van der Waals surface area contributed by atoms with Crippen molar-refractivity contribution >= 4 is 11.6 Å². The highest BCUT2D eigenvalue weighted by molar-refractivity contribution is 6.00. The SMILES string of the molecule is NC1(c2noc(C3CCN(c4ccc5c(c4)OCCO5)C3=O)n2)CCC1. The lowest BCUT2D eigenvalue weighted by Gasteiger charge is -2.34. The van der Waals surface area contributed by atoms with Crippen LogP contribution in [0.25, 0.3) is 0 Å². The molecule has 1 aromatic carbocycles. The number of fused-ring (bicyclic) bond motifs is 1. The van der Waals surface area contributed by atoms with Gasteiger partial charge in [0, 0.05) is 18.3 Å². The van der Waals surface area contributed by atoms with Crippen LogP contribution in [-0.2, 0) is 10.3 Å². The van der Waals surface area contributed by atoms with Gasteiger partial charge in [0.15, 0.2) is 17.3 Å². The molecule has 2 fully saturated rings. The van der Waals surface area contributed by atoms with Crippen LogP contribution < -0.4 is 20.1 Å². The molecule has 8 nitrogen and oxygen atoms in total. The van der Waals surface area contributed by atoms with E-state index >= 15 is 0 Å². The zero-order chi connectivity index (χ0) is 17.7. The van der Waals surface area contributed by atoms with Crippen molar-refractivity contribution < 1.29 is 18.8 Å². The van der Waals surface area contributed by atoms with Gasteiger partial charge in [-0.3, -0.25) is 4.79 Å². The Morgan fingerprint density at radius 1 is 1.19 bits per heavy atom. The predicted molar refractivity (Wildman–Crippen MR) is 91.2 cm³/mol. The number of aromatic nitrogens is 2. The Morgan fingerprint density at radius 2 is 2.00 bits per heavy atom. The maximum atomic E-state index is 12.9. The predicted octanol–water partition coefficient (Wildman–Crippen LogP) is 1.70. The lowest BCUT2D eigenvalue weighted by molar-refractivity contribution is -0.118. The van der Waals surface area contributed by atoms with E-state index in [9.17, 15) is 4.79 Å². The van der Waals surface area contributed by atoms with Crippen LogP contribution in [-0.4, -0.2) is 35.8 Å². The van der Waals surface area contributed by atoms with Crippen LogP contribution in [0, 0.1) is 0 Å². The summed E-state index contributed by atoms with van der Waals surface area (Å²) in [5.74, 6) is 1.79. The molecule has 0 bridgehead atoms. The molecule has 1 aromatic heterocycles. The first-order valence-electron chi connectivity index (χ1n) is 8.98. The largest absolute Gasteiger partial charge is 0.486 e. The highest BCUT2D eigenvalue weighted by atomic mass is 16.6. The molecule has 3 heterocycles. The number of anilines is 1. The van der Waals surface area contributed by atoms with E-state index in [1.165, 1.54) is 0 Å². The first kappa shape index (κ1) is 15.6. The summed E-state index contributed by atoms with van der Waals surface area (Å²) in [4.78, 5) is 19.1. The second kappa shape index (κ2) is 5.70. The molecule has 0 spiro atoms. The van der Waals surface area contributed by atoms with Gasteiger partial charge in [-0.25, -0.2) is 0 Å². The Balaban J connectivity index is 1.37. The van der Waals surface area contributed by atoms with Gasteiger partial charge >= 0.3 is 0 Å². The van der Waals surface area contributed by atoms with E-state index in [0.717, 1.165) is 24.9 Å². The van der Waals surface area contributed by atoms with Crippen LogP contribution in [0.5, 0.6) is 11.5 Å². The minimum absolute atomic E-state index is 0.0449. The van der Waals surface area contributed by atoms with Crippen molar-refractivity contribution in [3.63, 3.8) is 0 Å². The molecule has 1 saturated carbocycles. The van der Waals surface area contributed by atoms with Crippen molar-refractivity contribution in [3.8, 4) is 11.5 Å². The van der Waals surface area contributed by atoms with Crippen molar-refractivity contribution in [2.45, 2.75) is 37.1 Å².